The van der Waals surface area contributed by atoms with Gasteiger partial charge in [0.2, 0.25) is 12.0 Å². The van der Waals surface area contributed by atoms with Crippen LogP contribution in [0.15, 0.2) is 18.2 Å². The quantitative estimate of drug-likeness (QED) is 0.663. The molecule has 0 saturated heterocycles. The number of methoxy groups -OCH3 is 1. The summed E-state index contributed by atoms with van der Waals surface area (Å²) < 4.78 is 28.4. The third-order valence-corrected chi connectivity index (χ3v) is 1.82. The lowest BCUT2D eigenvalue weighted by Crippen LogP contribution is -2.30. The Labute approximate surface area is 75.0 Å². The highest BCUT2D eigenvalue weighted by Crippen LogP contribution is 2.33. The molecule has 1 unspecified atom stereocenters. The summed E-state index contributed by atoms with van der Waals surface area (Å²) >= 11 is 0. The molecule has 0 N–H and O–H groups in total. The van der Waals surface area contributed by atoms with E-state index in [0.29, 0.717) is 5.75 Å². The number of para-hydroxylation sites is 1. The Balaban J connectivity index is 2.32. The molecule has 0 fully saturated rings. The Hall–Kier alpha value is -1.29. The van der Waals surface area contributed by atoms with Gasteiger partial charge in [-0.15, -0.1) is 0 Å². The second kappa shape index (κ2) is 3.22. The molecule has 70 valence electrons. The maximum absolute atomic E-state index is 13.1. The van der Waals surface area contributed by atoms with Crippen LogP contribution in [0.2, 0.25) is 0 Å². The lowest BCUT2D eigenvalue weighted by Gasteiger charge is -2.25. The van der Waals surface area contributed by atoms with Crippen molar-refractivity contribution in [3.63, 3.8) is 0 Å². The summed E-state index contributed by atoms with van der Waals surface area (Å²) in [6.45, 7) is 0.285. The van der Waals surface area contributed by atoms with E-state index in [1.165, 1.54) is 13.2 Å². The molecule has 4 heteroatoms. The third kappa shape index (κ3) is 1.45. The van der Waals surface area contributed by atoms with Gasteiger partial charge in [0.1, 0.15) is 0 Å². The van der Waals surface area contributed by atoms with Crippen LogP contribution in [0.5, 0.6) is 11.5 Å². The molecular formula is C9H9FO3. The van der Waals surface area contributed by atoms with Gasteiger partial charge in [0, 0.05) is 7.11 Å². The summed E-state index contributed by atoms with van der Waals surface area (Å²) in [4.78, 5) is 0. The first-order valence-electron chi connectivity index (χ1n) is 3.92. The molecule has 0 saturated carbocycles. The van der Waals surface area contributed by atoms with Crippen LogP contribution in [0.3, 0.4) is 0 Å². The van der Waals surface area contributed by atoms with Crippen LogP contribution in [0.4, 0.5) is 4.39 Å². The number of fused-ring (bicyclic) bond motifs is 1. The van der Waals surface area contributed by atoms with Crippen LogP contribution in [0.25, 0.3) is 0 Å². The predicted molar refractivity (Wildman–Crippen MR) is 43.3 cm³/mol. The third-order valence-electron chi connectivity index (χ3n) is 1.82. The summed E-state index contributed by atoms with van der Waals surface area (Å²) in [5.41, 5.74) is 0. The van der Waals surface area contributed by atoms with Gasteiger partial charge in [-0.1, -0.05) is 6.07 Å². The molecule has 1 aromatic rings. The first kappa shape index (κ1) is 8.31. The zero-order valence-corrected chi connectivity index (χ0v) is 7.12. The van der Waals surface area contributed by atoms with Crippen molar-refractivity contribution in [3.05, 3.63) is 24.0 Å². The Bertz CT molecular complexity index is 314. The Morgan fingerprint density at radius 2 is 2.38 bits per heavy atom. The molecule has 1 heterocycles. The van der Waals surface area contributed by atoms with Gasteiger partial charge in [-0.05, 0) is 12.1 Å². The number of halogens is 1. The fourth-order valence-electron chi connectivity index (χ4n) is 1.16. The largest absolute Gasteiger partial charge is 0.483 e. The molecule has 0 amide bonds. The van der Waals surface area contributed by atoms with E-state index >= 15 is 0 Å². The minimum absolute atomic E-state index is 0.126. The van der Waals surface area contributed by atoms with E-state index < -0.39 is 12.1 Å². The van der Waals surface area contributed by atoms with E-state index in [4.69, 9.17) is 14.2 Å². The van der Waals surface area contributed by atoms with E-state index in [1.807, 2.05) is 0 Å². The van der Waals surface area contributed by atoms with Gasteiger partial charge in [-0.25, -0.2) is 4.39 Å². The fourth-order valence-corrected chi connectivity index (χ4v) is 1.16. The molecule has 0 aliphatic carbocycles. The maximum atomic E-state index is 13.1. The average molecular weight is 184 g/mol. The average Bonchev–Trinajstić information content (AvgIpc) is 2.18. The summed E-state index contributed by atoms with van der Waals surface area (Å²) in [5, 5.41) is 0. The van der Waals surface area contributed by atoms with E-state index in [-0.39, 0.29) is 12.4 Å². The van der Waals surface area contributed by atoms with Crippen LogP contribution in [-0.2, 0) is 4.74 Å². The second-order valence-corrected chi connectivity index (χ2v) is 2.66. The summed E-state index contributed by atoms with van der Waals surface area (Å²) in [5.74, 6) is 0.119. The SMILES string of the molecule is COC1COc2cccc(F)c2O1. The number of benzene rings is 1. The van der Waals surface area contributed by atoms with Crippen molar-refractivity contribution in [3.8, 4) is 11.5 Å². The maximum Gasteiger partial charge on any atom is 0.234 e. The van der Waals surface area contributed by atoms with Crippen LogP contribution < -0.4 is 9.47 Å². The standard InChI is InChI=1S/C9H9FO3/c1-11-8-5-12-7-4-2-3-6(10)9(7)13-8/h2-4,8H,5H2,1H3. The highest BCUT2D eigenvalue weighted by molar-refractivity contribution is 5.41. The molecule has 2 rings (SSSR count). The van der Waals surface area contributed by atoms with Gasteiger partial charge < -0.3 is 14.2 Å². The van der Waals surface area contributed by atoms with E-state index in [9.17, 15) is 4.39 Å². The molecule has 13 heavy (non-hydrogen) atoms. The summed E-state index contributed by atoms with van der Waals surface area (Å²) in [6.07, 6.45) is -0.524. The van der Waals surface area contributed by atoms with E-state index in [1.54, 1.807) is 12.1 Å². The number of rotatable bonds is 1. The number of hydrogen-bond acceptors (Lipinski definition) is 3. The molecule has 0 aromatic heterocycles. The van der Waals surface area contributed by atoms with Gasteiger partial charge in [-0.3, -0.25) is 0 Å². The Morgan fingerprint density at radius 3 is 3.15 bits per heavy atom. The van der Waals surface area contributed by atoms with E-state index in [2.05, 4.69) is 0 Å². The fraction of sp³-hybridized carbons (Fsp3) is 0.333. The molecule has 0 spiro atoms. The van der Waals surface area contributed by atoms with Gasteiger partial charge in [0.15, 0.2) is 18.2 Å². The normalized spacial score (nSPS) is 20.0. The zero-order valence-electron chi connectivity index (χ0n) is 7.12. The number of ether oxygens (including phenoxy) is 3. The minimum atomic E-state index is -0.524. The molecule has 1 aliphatic rings. The molecule has 1 aliphatic heterocycles. The topological polar surface area (TPSA) is 27.7 Å². The Kier molecular flexibility index (Phi) is 2.06. The first-order chi connectivity index (χ1) is 6.31. The first-order valence-corrected chi connectivity index (χ1v) is 3.92. The van der Waals surface area contributed by atoms with Crippen molar-refractivity contribution in [1.29, 1.82) is 0 Å². The highest BCUT2D eigenvalue weighted by Gasteiger charge is 2.22. The lowest BCUT2D eigenvalue weighted by atomic mass is 10.3. The van der Waals surface area contributed by atoms with Crippen molar-refractivity contribution in [2.45, 2.75) is 6.29 Å². The molecule has 0 radical (unpaired) electrons. The lowest BCUT2D eigenvalue weighted by molar-refractivity contribution is -0.0963. The zero-order chi connectivity index (χ0) is 9.26. The van der Waals surface area contributed by atoms with E-state index in [0.717, 1.165) is 0 Å². The molecular weight excluding hydrogens is 175 g/mol. The van der Waals surface area contributed by atoms with Crippen LogP contribution >= 0.6 is 0 Å². The molecule has 1 atom stereocenters. The number of hydrogen-bond donors (Lipinski definition) is 0. The minimum Gasteiger partial charge on any atom is -0.483 e. The van der Waals surface area contributed by atoms with Gasteiger partial charge in [0.05, 0.1) is 0 Å². The second-order valence-electron chi connectivity index (χ2n) is 2.66. The van der Waals surface area contributed by atoms with Gasteiger partial charge >= 0.3 is 0 Å². The van der Waals surface area contributed by atoms with Gasteiger partial charge in [-0.2, -0.15) is 0 Å². The van der Waals surface area contributed by atoms with Crippen LogP contribution in [-0.4, -0.2) is 20.0 Å². The molecule has 0 bridgehead atoms. The molecule has 3 nitrogen and oxygen atoms in total. The Morgan fingerprint density at radius 1 is 1.54 bits per heavy atom. The summed E-state index contributed by atoms with van der Waals surface area (Å²) in [7, 11) is 1.49. The smallest absolute Gasteiger partial charge is 0.234 e. The van der Waals surface area contributed by atoms with Gasteiger partial charge in [0.25, 0.3) is 0 Å². The highest BCUT2D eigenvalue weighted by atomic mass is 19.1. The monoisotopic (exact) mass is 184 g/mol. The van der Waals surface area contributed by atoms with Crippen molar-refractivity contribution in [2.24, 2.45) is 0 Å². The van der Waals surface area contributed by atoms with Crippen molar-refractivity contribution in [2.75, 3.05) is 13.7 Å². The van der Waals surface area contributed by atoms with Crippen LogP contribution in [0, 0.1) is 5.82 Å². The van der Waals surface area contributed by atoms with Crippen LogP contribution in [0.1, 0.15) is 0 Å². The van der Waals surface area contributed by atoms with Crippen molar-refractivity contribution >= 4 is 0 Å². The van der Waals surface area contributed by atoms with Crippen molar-refractivity contribution < 1.29 is 18.6 Å². The van der Waals surface area contributed by atoms with Crippen molar-refractivity contribution in [1.82, 2.24) is 0 Å². The summed E-state index contributed by atoms with van der Waals surface area (Å²) in [6, 6.07) is 4.55. The predicted octanol–water partition coefficient (Wildman–Crippen LogP) is 1.57. The molecule has 1 aromatic carbocycles.